The van der Waals surface area contributed by atoms with E-state index in [-0.39, 0.29) is 10.8 Å². The highest BCUT2D eigenvalue weighted by atomic mass is 32.2. The van der Waals surface area contributed by atoms with E-state index in [4.69, 9.17) is 4.84 Å². The van der Waals surface area contributed by atoms with Crippen LogP contribution in [-0.2, 0) is 10.0 Å². The topological polar surface area (TPSA) is 68.3 Å². The van der Waals surface area contributed by atoms with Gasteiger partial charge in [0.2, 0.25) is 5.88 Å². The van der Waals surface area contributed by atoms with E-state index >= 15 is 0 Å². The van der Waals surface area contributed by atoms with E-state index in [1.807, 2.05) is 30.3 Å². The molecule has 3 rings (SSSR count). The highest BCUT2D eigenvalue weighted by molar-refractivity contribution is 7.89. The molecule has 0 aliphatic carbocycles. The van der Waals surface area contributed by atoms with Crippen molar-refractivity contribution in [2.45, 2.75) is 4.90 Å². The van der Waals surface area contributed by atoms with Gasteiger partial charge in [0, 0.05) is 11.5 Å². The standard InChI is InChI=1S/C15H12N2O3S/c18-21(19,13-7-2-1-3-8-13)17-20-15-11-10-12-6-4-5-9-14(12)16-15/h1-11,17H. The summed E-state index contributed by atoms with van der Waals surface area (Å²) in [4.78, 5) is 11.5. The second-order valence-electron chi connectivity index (χ2n) is 4.34. The summed E-state index contributed by atoms with van der Waals surface area (Å²) in [5.74, 6) is 0.188. The van der Waals surface area contributed by atoms with E-state index in [9.17, 15) is 8.42 Å². The average molecular weight is 300 g/mol. The molecule has 0 fully saturated rings. The zero-order chi connectivity index (χ0) is 14.7. The third-order valence-corrected chi connectivity index (χ3v) is 4.08. The Balaban J connectivity index is 1.80. The summed E-state index contributed by atoms with van der Waals surface area (Å²) < 4.78 is 24.0. The maximum absolute atomic E-state index is 12.0. The van der Waals surface area contributed by atoms with Crippen LogP contribution in [0.4, 0.5) is 0 Å². The summed E-state index contributed by atoms with van der Waals surface area (Å²) in [6.07, 6.45) is 0. The summed E-state index contributed by atoms with van der Waals surface area (Å²) in [6.45, 7) is 0. The van der Waals surface area contributed by atoms with Gasteiger partial charge in [-0.1, -0.05) is 36.4 Å². The fourth-order valence-corrected chi connectivity index (χ4v) is 2.66. The summed E-state index contributed by atoms with van der Waals surface area (Å²) in [5.41, 5.74) is 0.730. The lowest BCUT2D eigenvalue weighted by atomic mass is 10.2. The molecule has 0 amide bonds. The number of hydrogen-bond acceptors (Lipinski definition) is 4. The summed E-state index contributed by atoms with van der Waals surface area (Å²) in [6, 6.07) is 18.9. The summed E-state index contributed by atoms with van der Waals surface area (Å²) in [5, 5.41) is 0.954. The van der Waals surface area contributed by atoms with E-state index in [2.05, 4.69) is 9.87 Å². The second-order valence-corrected chi connectivity index (χ2v) is 5.99. The molecule has 0 bridgehead atoms. The Bertz CT molecular complexity index is 864. The van der Waals surface area contributed by atoms with Crippen molar-refractivity contribution in [1.29, 1.82) is 0 Å². The van der Waals surface area contributed by atoms with Crippen molar-refractivity contribution in [3.63, 3.8) is 0 Å². The Hall–Kier alpha value is -2.44. The molecule has 2 aromatic carbocycles. The van der Waals surface area contributed by atoms with Gasteiger partial charge in [0.25, 0.3) is 10.0 Å². The van der Waals surface area contributed by atoms with Crippen LogP contribution in [0.1, 0.15) is 0 Å². The quantitative estimate of drug-likeness (QED) is 0.752. The SMILES string of the molecule is O=S(=O)(NOc1ccc2ccccc2n1)c1ccccc1. The van der Waals surface area contributed by atoms with E-state index in [0.29, 0.717) is 0 Å². The Labute approximate surface area is 122 Å². The molecule has 106 valence electrons. The minimum Gasteiger partial charge on any atom is -0.373 e. The van der Waals surface area contributed by atoms with Gasteiger partial charge in [0.05, 0.1) is 10.4 Å². The molecular formula is C15H12N2O3S. The lowest BCUT2D eigenvalue weighted by molar-refractivity contribution is 0.259. The van der Waals surface area contributed by atoms with Gasteiger partial charge in [-0.05, 0) is 29.2 Å². The highest BCUT2D eigenvalue weighted by Crippen LogP contribution is 2.16. The first-order valence-electron chi connectivity index (χ1n) is 6.25. The molecule has 6 heteroatoms. The molecule has 21 heavy (non-hydrogen) atoms. The van der Waals surface area contributed by atoms with Crippen LogP contribution in [-0.4, -0.2) is 13.4 Å². The molecule has 0 radical (unpaired) electrons. The lowest BCUT2D eigenvalue weighted by Crippen LogP contribution is -2.27. The van der Waals surface area contributed by atoms with Gasteiger partial charge in [-0.25, -0.2) is 13.4 Å². The second kappa shape index (κ2) is 5.51. The van der Waals surface area contributed by atoms with Crippen molar-refractivity contribution in [3.05, 3.63) is 66.7 Å². The average Bonchev–Trinajstić information content (AvgIpc) is 2.54. The van der Waals surface area contributed by atoms with E-state index in [1.165, 1.54) is 12.1 Å². The summed E-state index contributed by atoms with van der Waals surface area (Å²) >= 11 is 0. The van der Waals surface area contributed by atoms with E-state index < -0.39 is 10.0 Å². The minimum absolute atomic E-state index is 0.130. The van der Waals surface area contributed by atoms with Gasteiger partial charge in [-0.3, -0.25) is 0 Å². The maximum Gasteiger partial charge on any atom is 0.271 e. The molecule has 0 aliphatic rings. The third-order valence-electron chi connectivity index (χ3n) is 2.88. The number of fused-ring (bicyclic) bond motifs is 1. The number of para-hydroxylation sites is 1. The number of aromatic nitrogens is 1. The van der Waals surface area contributed by atoms with Crippen molar-refractivity contribution in [1.82, 2.24) is 9.87 Å². The number of sulfonamides is 1. The van der Waals surface area contributed by atoms with Gasteiger partial charge in [0.1, 0.15) is 0 Å². The first-order chi connectivity index (χ1) is 10.1. The maximum atomic E-state index is 12.0. The highest BCUT2D eigenvalue weighted by Gasteiger charge is 2.14. The summed E-state index contributed by atoms with van der Waals surface area (Å²) in [7, 11) is -3.72. The van der Waals surface area contributed by atoms with E-state index in [1.54, 1.807) is 24.3 Å². The fraction of sp³-hybridized carbons (Fsp3) is 0. The van der Waals surface area contributed by atoms with Crippen LogP contribution < -0.4 is 9.72 Å². The Morgan fingerprint density at radius 3 is 2.38 bits per heavy atom. The van der Waals surface area contributed by atoms with Crippen molar-refractivity contribution < 1.29 is 13.3 Å². The molecule has 0 aliphatic heterocycles. The minimum atomic E-state index is -3.72. The largest absolute Gasteiger partial charge is 0.373 e. The first-order valence-corrected chi connectivity index (χ1v) is 7.73. The molecule has 0 unspecified atom stereocenters. The van der Waals surface area contributed by atoms with Crippen LogP contribution in [0, 0.1) is 0 Å². The molecule has 0 saturated heterocycles. The Morgan fingerprint density at radius 1 is 0.857 bits per heavy atom. The molecule has 0 atom stereocenters. The van der Waals surface area contributed by atoms with Crippen LogP contribution >= 0.6 is 0 Å². The zero-order valence-electron chi connectivity index (χ0n) is 10.9. The monoisotopic (exact) mass is 300 g/mol. The number of nitrogens with zero attached hydrogens (tertiary/aromatic N) is 1. The van der Waals surface area contributed by atoms with Crippen LogP contribution in [0.2, 0.25) is 0 Å². The third kappa shape index (κ3) is 3.01. The number of pyridine rings is 1. The molecule has 5 nitrogen and oxygen atoms in total. The predicted octanol–water partition coefficient (Wildman–Crippen LogP) is 2.51. The van der Waals surface area contributed by atoms with Gasteiger partial charge >= 0.3 is 0 Å². The zero-order valence-corrected chi connectivity index (χ0v) is 11.7. The van der Waals surface area contributed by atoms with Crippen LogP contribution in [0.5, 0.6) is 5.88 Å². The smallest absolute Gasteiger partial charge is 0.271 e. The molecule has 1 N–H and O–H groups in total. The van der Waals surface area contributed by atoms with Crippen molar-refractivity contribution in [3.8, 4) is 5.88 Å². The number of benzene rings is 2. The predicted molar refractivity (Wildman–Crippen MR) is 79.1 cm³/mol. The Kier molecular flexibility index (Phi) is 3.55. The van der Waals surface area contributed by atoms with Crippen LogP contribution in [0.15, 0.2) is 71.6 Å². The van der Waals surface area contributed by atoms with Gasteiger partial charge in [0.15, 0.2) is 0 Å². The Morgan fingerprint density at radius 2 is 1.57 bits per heavy atom. The van der Waals surface area contributed by atoms with Crippen molar-refractivity contribution in [2.24, 2.45) is 0 Å². The van der Waals surface area contributed by atoms with Gasteiger partial charge in [-0.2, -0.15) is 0 Å². The number of rotatable bonds is 4. The van der Waals surface area contributed by atoms with E-state index in [0.717, 1.165) is 10.9 Å². The molecular weight excluding hydrogens is 288 g/mol. The number of hydrogen-bond donors (Lipinski definition) is 1. The normalized spacial score (nSPS) is 11.4. The van der Waals surface area contributed by atoms with Crippen LogP contribution in [0.3, 0.4) is 0 Å². The molecule has 1 heterocycles. The molecule has 0 saturated carbocycles. The molecule has 0 spiro atoms. The number of nitrogens with one attached hydrogen (secondary N) is 1. The van der Waals surface area contributed by atoms with Gasteiger partial charge < -0.3 is 4.84 Å². The van der Waals surface area contributed by atoms with Gasteiger partial charge in [-0.15, -0.1) is 0 Å². The lowest BCUT2D eigenvalue weighted by Gasteiger charge is -2.07. The fourth-order valence-electron chi connectivity index (χ4n) is 1.85. The van der Waals surface area contributed by atoms with Crippen molar-refractivity contribution in [2.75, 3.05) is 0 Å². The van der Waals surface area contributed by atoms with Crippen LogP contribution in [0.25, 0.3) is 10.9 Å². The molecule has 3 aromatic rings. The van der Waals surface area contributed by atoms with Crippen molar-refractivity contribution >= 4 is 20.9 Å². The molecule has 1 aromatic heterocycles. The first kappa shape index (κ1) is 13.5.